The van der Waals surface area contributed by atoms with Crippen molar-refractivity contribution in [1.82, 2.24) is 5.32 Å². The summed E-state index contributed by atoms with van der Waals surface area (Å²) in [7, 11) is 0. The van der Waals surface area contributed by atoms with Gasteiger partial charge in [-0.1, -0.05) is 0 Å². The molecule has 0 aliphatic heterocycles. The van der Waals surface area contributed by atoms with Gasteiger partial charge in [0.05, 0.1) is 5.92 Å². The van der Waals surface area contributed by atoms with Crippen molar-refractivity contribution in [2.24, 2.45) is 11.8 Å². The van der Waals surface area contributed by atoms with Crippen LogP contribution in [0.15, 0.2) is 0 Å². The third-order valence-electron chi connectivity index (χ3n) is 2.96. The molecule has 1 saturated carbocycles. The van der Waals surface area contributed by atoms with Crippen LogP contribution in [0.1, 0.15) is 26.2 Å². The predicted octanol–water partition coefficient (Wildman–Crippen LogP) is 1.35. The minimum absolute atomic E-state index is 0.0188. The molecule has 1 rings (SSSR count). The normalized spacial score (nSPS) is 26.4. The smallest absolute Gasteiger partial charge is 0.306 e. The van der Waals surface area contributed by atoms with E-state index in [1.54, 1.807) is 11.8 Å². The monoisotopic (exact) mass is 245 g/mol. The van der Waals surface area contributed by atoms with Crippen LogP contribution in [0.2, 0.25) is 0 Å². The number of carbonyl (C=O) groups excluding carboxylic acids is 1. The van der Waals surface area contributed by atoms with Gasteiger partial charge in [0.2, 0.25) is 5.91 Å². The molecule has 5 heteroatoms. The summed E-state index contributed by atoms with van der Waals surface area (Å²) in [5, 5.41) is 11.8. The van der Waals surface area contributed by atoms with Crippen molar-refractivity contribution in [2.75, 3.05) is 12.0 Å². The highest BCUT2D eigenvalue weighted by molar-refractivity contribution is 7.98. The van der Waals surface area contributed by atoms with Gasteiger partial charge in [0.15, 0.2) is 0 Å². The number of rotatable bonds is 5. The molecule has 1 aliphatic carbocycles. The third-order valence-corrected chi connectivity index (χ3v) is 3.79. The zero-order chi connectivity index (χ0) is 12.1. The van der Waals surface area contributed by atoms with Crippen molar-refractivity contribution < 1.29 is 14.7 Å². The molecule has 0 bridgehead atoms. The van der Waals surface area contributed by atoms with Crippen LogP contribution < -0.4 is 5.32 Å². The molecule has 3 atom stereocenters. The molecule has 0 spiro atoms. The summed E-state index contributed by atoms with van der Waals surface area (Å²) in [6.07, 6.45) is 3.82. The van der Waals surface area contributed by atoms with E-state index in [4.69, 9.17) is 5.11 Å². The van der Waals surface area contributed by atoms with Gasteiger partial charge in [0, 0.05) is 17.7 Å². The molecule has 2 N–H and O–H groups in total. The second-order valence-electron chi connectivity index (χ2n) is 4.41. The van der Waals surface area contributed by atoms with E-state index in [-0.39, 0.29) is 23.8 Å². The maximum Gasteiger partial charge on any atom is 0.306 e. The van der Waals surface area contributed by atoms with Gasteiger partial charge in [-0.05, 0) is 32.4 Å². The maximum absolute atomic E-state index is 11.8. The zero-order valence-corrected chi connectivity index (χ0v) is 10.5. The number of hydrogen-bond acceptors (Lipinski definition) is 3. The predicted molar refractivity (Wildman–Crippen MR) is 64.5 cm³/mol. The van der Waals surface area contributed by atoms with Crippen LogP contribution >= 0.6 is 11.8 Å². The Kier molecular flexibility index (Phi) is 5.12. The molecule has 3 unspecified atom stereocenters. The minimum Gasteiger partial charge on any atom is -0.481 e. The first-order chi connectivity index (χ1) is 7.54. The second kappa shape index (κ2) is 6.13. The quantitative estimate of drug-likeness (QED) is 0.767. The first-order valence-corrected chi connectivity index (χ1v) is 6.96. The van der Waals surface area contributed by atoms with Gasteiger partial charge in [-0.3, -0.25) is 9.59 Å². The number of carbonyl (C=O) groups is 2. The van der Waals surface area contributed by atoms with Crippen molar-refractivity contribution >= 4 is 23.6 Å². The van der Waals surface area contributed by atoms with E-state index in [1.165, 1.54) is 0 Å². The minimum atomic E-state index is -0.771. The molecule has 0 aromatic carbocycles. The average Bonchev–Trinajstić information content (AvgIpc) is 2.66. The van der Waals surface area contributed by atoms with Crippen molar-refractivity contribution in [3.63, 3.8) is 0 Å². The standard InChI is InChI=1S/C11H19NO3S/c1-7(6-16-2)12-10(13)8-3-4-9(5-8)11(14)15/h7-9H,3-6H2,1-2H3,(H,12,13)(H,14,15). The van der Waals surface area contributed by atoms with Gasteiger partial charge in [-0.15, -0.1) is 0 Å². The number of thioether (sulfide) groups is 1. The maximum atomic E-state index is 11.8. The molecule has 0 saturated heterocycles. The average molecular weight is 245 g/mol. The molecule has 1 amide bonds. The van der Waals surface area contributed by atoms with Crippen LogP contribution in [-0.2, 0) is 9.59 Å². The van der Waals surface area contributed by atoms with E-state index < -0.39 is 5.97 Å². The molecule has 92 valence electrons. The number of aliphatic carboxylic acids is 1. The van der Waals surface area contributed by atoms with Crippen molar-refractivity contribution in [3.8, 4) is 0 Å². The van der Waals surface area contributed by atoms with Gasteiger partial charge in [-0.2, -0.15) is 11.8 Å². The molecule has 0 radical (unpaired) electrons. The molecule has 0 aromatic rings. The first-order valence-electron chi connectivity index (χ1n) is 5.56. The van der Waals surface area contributed by atoms with Gasteiger partial charge in [-0.25, -0.2) is 0 Å². The first kappa shape index (κ1) is 13.4. The van der Waals surface area contributed by atoms with Crippen LogP contribution in [0, 0.1) is 11.8 Å². The van der Waals surface area contributed by atoms with Crippen molar-refractivity contribution in [2.45, 2.75) is 32.2 Å². The Hall–Kier alpha value is -0.710. The molecule has 4 nitrogen and oxygen atoms in total. The highest BCUT2D eigenvalue weighted by Crippen LogP contribution is 2.31. The molecular formula is C11H19NO3S. The summed E-state index contributed by atoms with van der Waals surface area (Å²) in [4.78, 5) is 22.5. The molecule has 1 aliphatic rings. The Labute approximate surface area is 100 Å². The topological polar surface area (TPSA) is 66.4 Å². The van der Waals surface area contributed by atoms with Gasteiger partial charge in [0.25, 0.3) is 0 Å². The Balaban J connectivity index is 2.36. The summed E-state index contributed by atoms with van der Waals surface area (Å²) in [5.41, 5.74) is 0. The molecule has 0 aromatic heterocycles. The molecule has 0 heterocycles. The van der Waals surface area contributed by atoms with Crippen LogP contribution in [-0.4, -0.2) is 35.0 Å². The molecular weight excluding hydrogens is 226 g/mol. The number of carboxylic acid groups (broad SMARTS) is 1. The second-order valence-corrected chi connectivity index (χ2v) is 5.32. The number of nitrogens with one attached hydrogen (secondary N) is 1. The van der Waals surface area contributed by atoms with E-state index >= 15 is 0 Å². The van der Waals surface area contributed by atoms with Crippen LogP contribution in [0.25, 0.3) is 0 Å². The summed E-state index contributed by atoms with van der Waals surface area (Å²) in [5.74, 6) is -0.296. The van der Waals surface area contributed by atoms with Crippen molar-refractivity contribution in [1.29, 1.82) is 0 Å². The fraction of sp³-hybridized carbons (Fsp3) is 0.818. The van der Waals surface area contributed by atoms with Crippen molar-refractivity contribution in [3.05, 3.63) is 0 Å². The number of amides is 1. The number of hydrogen-bond donors (Lipinski definition) is 2. The van der Waals surface area contributed by atoms with Gasteiger partial charge < -0.3 is 10.4 Å². The zero-order valence-electron chi connectivity index (χ0n) is 9.73. The van der Waals surface area contributed by atoms with Crippen LogP contribution in [0.3, 0.4) is 0 Å². The van der Waals surface area contributed by atoms with Crippen LogP contribution in [0.5, 0.6) is 0 Å². The van der Waals surface area contributed by atoms with E-state index in [0.717, 1.165) is 5.75 Å². The lowest BCUT2D eigenvalue weighted by Gasteiger charge is -2.16. The van der Waals surface area contributed by atoms with E-state index in [1.807, 2.05) is 13.2 Å². The lowest BCUT2D eigenvalue weighted by molar-refractivity contribution is -0.141. The summed E-state index contributed by atoms with van der Waals surface area (Å²) in [6, 6.07) is 0.159. The highest BCUT2D eigenvalue weighted by atomic mass is 32.2. The number of carboxylic acids is 1. The largest absolute Gasteiger partial charge is 0.481 e. The summed E-state index contributed by atoms with van der Waals surface area (Å²) < 4.78 is 0. The summed E-state index contributed by atoms with van der Waals surface area (Å²) in [6.45, 7) is 1.97. The van der Waals surface area contributed by atoms with E-state index in [0.29, 0.717) is 19.3 Å². The third kappa shape index (κ3) is 3.70. The molecule has 1 fully saturated rings. The Bertz CT molecular complexity index is 270. The van der Waals surface area contributed by atoms with E-state index in [9.17, 15) is 9.59 Å². The van der Waals surface area contributed by atoms with Gasteiger partial charge >= 0.3 is 5.97 Å². The van der Waals surface area contributed by atoms with Crippen LogP contribution in [0.4, 0.5) is 0 Å². The fourth-order valence-corrected chi connectivity index (χ4v) is 2.68. The highest BCUT2D eigenvalue weighted by Gasteiger charge is 2.33. The Morgan fingerprint density at radius 3 is 2.56 bits per heavy atom. The van der Waals surface area contributed by atoms with E-state index in [2.05, 4.69) is 5.32 Å². The lowest BCUT2D eigenvalue weighted by atomic mass is 10.0. The summed E-state index contributed by atoms with van der Waals surface area (Å²) >= 11 is 1.69. The SMILES string of the molecule is CSCC(C)NC(=O)C1CCC(C(=O)O)C1. The fourth-order valence-electron chi connectivity index (χ4n) is 2.10. The molecule has 16 heavy (non-hydrogen) atoms. The lowest BCUT2D eigenvalue weighted by Crippen LogP contribution is -2.38. The van der Waals surface area contributed by atoms with Gasteiger partial charge in [0.1, 0.15) is 0 Å². The Morgan fingerprint density at radius 2 is 2.06 bits per heavy atom. The Morgan fingerprint density at radius 1 is 1.44 bits per heavy atom.